The lowest BCUT2D eigenvalue weighted by Gasteiger charge is -2.23. The molecular formula is C26H25ClN4O6S3. The summed E-state index contributed by atoms with van der Waals surface area (Å²) < 4.78 is 31.9. The number of hydrogen-bond donors (Lipinski definition) is 3. The maximum Gasteiger partial charge on any atom is 0.407 e. The number of nitrogens with zero attached hydrogens (tertiary/aromatic N) is 1. The zero-order valence-corrected chi connectivity index (χ0v) is 24.3. The van der Waals surface area contributed by atoms with Crippen LogP contribution >= 0.6 is 34.3 Å². The second-order valence-electron chi connectivity index (χ2n) is 8.54. The summed E-state index contributed by atoms with van der Waals surface area (Å²) in [5.41, 5.74) is 2.21. The van der Waals surface area contributed by atoms with E-state index in [1.807, 2.05) is 41.1 Å². The van der Waals surface area contributed by atoms with Gasteiger partial charge in [-0.1, -0.05) is 54.1 Å². The average Bonchev–Trinajstić information content (AvgIpc) is 3.57. The first-order valence-corrected chi connectivity index (χ1v) is 15.4. The van der Waals surface area contributed by atoms with Crippen LogP contribution in [0, 0.1) is 0 Å². The first-order valence-electron chi connectivity index (χ1n) is 11.8. The second-order valence-corrected chi connectivity index (χ2v) is 11.9. The van der Waals surface area contributed by atoms with Crippen LogP contribution in [-0.2, 0) is 32.7 Å². The number of nitrogens with two attached hydrogens (primary N) is 1. The van der Waals surface area contributed by atoms with Gasteiger partial charge >= 0.3 is 16.4 Å². The van der Waals surface area contributed by atoms with Gasteiger partial charge in [-0.2, -0.15) is 13.6 Å². The largest absolute Gasteiger partial charge is 0.453 e. The Morgan fingerprint density at radius 1 is 1.00 bits per heavy atom. The van der Waals surface area contributed by atoms with Crippen LogP contribution in [0.4, 0.5) is 4.79 Å². The van der Waals surface area contributed by atoms with Gasteiger partial charge in [0.05, 0.1) is 28.7 Å². The number of benzene rings is 2. The van der Waals surface area contributed by atoms with Crippen LogP contribution in [0.25, 0.3) is 9.88 Å². The Labute approximate surface area is 244 Å². The number of amides is 2. The van der Waals surface area contributed by atoms with Crippen LogP contribution in [-0.4, -0.2) is 38.6 Å². The van der Waals surface area contributed by atoms with Gasteiger partial charge in [0.2, 0.25) is 5.91 Å². The SMILES string of the molecule is COC(=O)NC(Cc1ccccc1)C(=O)NC(Cc1ccc(OS(N)(=O)=O)cc1)c1csc(-c2sccc2Cl)n1. The molecule has 0 aliphatic rings. The Bertz CT molecular complexity index is 1560. The van der Waals surface area contributed by atoms with Crippen molar-refractivity contribution in [3.63, 3.8) is 0 Å². The summed E-state index contributed by atoms with van der Waals surface area (Å²) in [6, 6.07) is 15.8. The fourth-order valence-electron chi connectivity index (χ4n) is 3.81. The molecule has 2 aromatic heterocycles. The van der Waals surface area contributed by atoms with E-state index in [2.05, 4.69) is 10.6 Å². The maximum atomic E-state index is 13.5. The van der Waals surface area contributed by atoms with Crippen LogP contribution in [0.5, 0.6) is 5.75 Å². The number of alkyl carbamates (subject to hydrolysis) is 1. The predicted molar refractivity (Wildman–Crippen MR) is 155 cm³/mol. The third kappa shape index (κ3) is 8.26. The zero-order chi connectivity index (χ0) is 28.7. The van der Waals surface area contributed by atoms with Gasteiger partial charge in [-0.05, 0) is 41.1 Å². The molecular weight excluding hydrogens is 596 g/mol. The molecule has 4 aromatic rings. The molecule has 14 heteroatoms. The summed E-state index contributed by atoms with van der Waals surface area (Å²) in [4.78, 5) is 31.2. The number of carbonyl (C=O) groups is 2. The van der Waals surface area contributed by atoms with Crippen molar-refractivity contribution < 1.29 is 26.9 Å². The van der Waals surface area contributed by atoms with E-state index in [9.17, 15) is 18.0 Å². The van der Waals surface area contributed by atoms with Crippen molar-refractivity contribution in [3.8, 4) is 15.6 Å². The Morgan fingerprint density at radius 3 is 2.33 bits per heavy atom. The number of methoxy groups -OCH3 is 1. The van der Waals surface area contributed by atoms with E-state index in [1.165, 1.54) is 41.9 Å². The van der Waals surface area contributed by atoms with Crippen molar-refractivity contribution in [1.82, 2.24) is 15.6 Å². The van der Waals surface area contributed by atoms with E-state index < -0.39 is 34.4 Å². The summed E-state index contributed by atoms with van der Waals surface area (Å²) in [6.45, 7) is 0. The van der Waals surface area contributed by atoms with Gasteiger partial charge in [0.1, 0.15) is 16.8 Å². The minimum absolute atomic E-state index is 0.0559. The minimum atomic E-state index is -4.16. The highest BCUT2D eigenvalue weighted by atomic mass is 35.5. The van der Waals surface area contributed by atoms with Crippen LogP contribution in [0.2, 0.25) is 5.02 Å². The lowest BCUT2D eigenvalue weighted by atomic mass is 10.0. The van der Waals surface area contributed by atoms with E-state index in [1.54, 1.807) is 18.2 Å². The number of thiazole rings is 1. The number of halogens is 1. The van der Waals surface area contributed by atoms with Gasteiger partial charge in [0.25, 0.3) is 0 Å². The molecule has 2 unspecified atom stereocenters. The molecule has 0 aliphatic heterocycles. The normalized spacial score (nSPS) is 12.8. The molecule has 0 bridgehead atoms. The van der Waals surface area contributed by atoms with Crippen molar-refractivity contribution in [2.24, 2.45) is 5.14 Å². The highest BCUT2D eigenvalue weighted by molar-refractivity contribution is 7.84. The molecule has 4 rings (SSSR count). The average molecular weight is 621 g/mol. The van der Waals surface area contributed by atoms with Crippen LogP contribution in [0.15, 0.2) is 71.4 Å². The van der Waals surface area contributed by atoms with Gasteiger partial charge < -0.3 is 19.6 Å². The Balaban J connectivity index is 1.61. The predicted octanol–water partition coefficient (Wildman–Crippen LogP) is 4.47. The number of aromatic nitrogens is 1. The fourth-order valence-corrected chi connectivity index (χ4v) is 6.39. The van der Waals surface area contributed by atoms with E-state index in [0.29, 0.717) is 22.1 Å². The standard InChI is InChI=1S/C26H25ClN4O6S3/c1-36-26(33)31-21(14-16-5-3-2-4-6-16)24(32)29-20(13-17-7-9-18(10-8-17)37-40(28,34)35)22-15-39-25(30-22)23-19(27)11-12-38-23/h2-12,15,20-21H,13-14H2,1H3,(H,29,32)(H,31,33)(H2,28,34,35). The molecule has 0 spiro atoms. The van der Waals surface area contributed by atoms with Gasteiger partial charge in [-0.15, -0.1) is 22.7 Å². The number of rotatable bonds is 11. The Hall–Kier alpha value is -3.49. The summed E-state index contributed by atoms with van der Waals surface area (Å²) in [6.07, 6.45) is -0.193. The molecule has 210 valence electrons. The molecule has 0 aliphatic carbocycles. The fraction of sp³-hybridized carbons (Fsp3) is 0.192. The maximum absolute atomic E-state index is 13.5. The molecule has 0 radical (unpaired) electrons. The zero-order valence-electron chi connectivity index (χ0n) is 21.1. The number of carbonyl (C=O) groups excluding carboxylic acids is 2. The quantitative estimate of drug-likeness (QED) is 0.224. The number of hydrogen-bond acceptors (Lipinski definition) is 9. The highest BCUT2D eigenvalue weighted by Crippen LogP contribution is 2.36. The lowest BCUT2D eigenvalue weighted by molar-refractivity contribution is -0.123. The molecule has 0 fully saturated rings. The topological polar surface area (TPSA) is 150 Å². The minimum Gasteiger partial charge on any atom is -0.453 e. The molecule has 2 amide bonds. The van der Waals surface area contributed by atoms with E-state index in [0.717, 1.165) is 16.0 Å². The molecule has 40 heavy (non-hydrogen) atoms. The lowest BCUT2D eigenvalue weighted by Crippen LogP contribution is -2.49. The molecule has 10 nitrogen and oxygen atoms in total. The van der Waals surface area contributed by atoms with Crippen LogP contribution < -0.4 is 20.0 Å². The number of ether oxygens (including phenoxy) is 1. The second kappa shape index (κ2) is 13.2. The molecule has 2 aromatic carbocycles. The summed E-state index contributed by atoms with van der Waals surface area (Å²) in [7, 11) is -2.93. The van der Waals surface area contributed by atoms with E-state index >= 15 is 0 Å². The Morgan fingerprint density at radius 2 is 1.70 bits per heavy atom. The molecule has 0 saturated carbocycles. The van der Waals surface area contributed by atoms with E-state index in [-0.39, 0.29) is 12.2 Å². The number of thiophene rings is 1. The summed E-state index contributed by atoms with van der Waals surface area (Å²) in [5.74, 6) is -0.377. The van der Waals surface area contributed by atoms with Crippen molar-refractivity contribution in [1.29, 1.82) is 0 Å². The summed E-state index contributed by atoms with van der Waals surface area (Å²) in [5, 5.41) is 15.6. The third-order valence-corrected chi connectivity index (χ3v) is 8.44. The van der Waals surface area contributed by atoms with Gasteiger partial charge in [-0.25, -0.2) is 9.78 Å². The van der Waals surface area contributed by atoms with Crippen molar-refractivity contribution >= 4 is 56.6 Å². The molecule has 2 atom stereocenters. The smallest absolute Gasteiger partial charge is 0.407 e. The van der Waals surface area contributed by atoms with Crippen molar-refractivity contribution in [2.45, 2.75) is 24.9 Å². The number of nitrogens with one attached hydrogen (secondary N) is 2. The highest BCUT2D eigenvalue weighted by Gasteiger charge is 2.27. The van der Waals surface area contributed by atoms with Crippen LogP contribution in [0.3, 0.4) is 0 Å². The Kier molecular flexibility index (Phi) is 9.76. The van der Waals surface area contributed by atoms with Crippen molar-refractivity contribution in [2.75, 3.05) is 7.11 Å². The molecule has 4 N–H and O–H groups in total. The molecule has 2 heterocycles. The monoisotopic (exact) mass is 620 g/mol. The first-order chi connectivity index (χ1) is 19.1. The summed E-state index contributed by atoms with van der Waals surface area (Å²) >= 11 is 9.17. The third-order valence-electron chi connectivity index (χ3n) is 5.66. The first kappa shape index (κ1) is 29.5. The van der Waals surface area contributed by atoms with E-state index in [4.69, 9.17) is 30.6 Å². The van der Waals surface area contributed by atoms with Crippen LogP contribution in [0.1, 0.15) is 22.9 Å². The van der Waals surface area contributed by atoms with Crippen molar-refractivity contribution in [3.05, 3.63) is 93.3 Å². The van der Waals surface area contributed by atoms with Gasteiger partial charge in [-0.3, -0.25) is 4.79 Å². The molecule has 0 saturated heterocycles. The van der Waals surface area contributed by atoms with Gasteiger partial charge in [0.15, 0.2) is 0 Å². The van der Waals surface area contributed by atoms with Gasteiger partial charge in [0, 0.05) is 11.8 Å².